The predicted octanol–water partition coefficient (Wildman–Crippen LogP) is 6.66. The van der Waals surface area contributed by atoms with E-state index in [2.05, 4.69) is 141 Å². The summed E-state index contributed by atoms with van der Waals surface area (Å²) in [7, 11) is 8.70. The molecule has 0 bridgehead atoms. The van der Waals surface area contributed by atoms with Crippen LogP contribution in [0.15, 0.2) is 48.5 Å². The van der Waals surface area contributed by atoms with Crippen molar-refractivity contribution in [1.29, 1.82) is 0 Å². The Morgan fingerprint density at radius 2 is 0.882 bits per heavy atom. The summed E-state index contributed by atoms with van der Waals surface area (Å²) in [6.45, 7) is 24.6. The van der Waals surface area contributed by atoms with E-state index in [1.165, 1.54) is 11.1 Å². The Labute approximate surface area is 311 Å². The molecule has 2 N–H and O–H groups in total. The molecule has 2 aromatic rings. The minimum Gasteiger partial charge on any atom is -0.491 e. The molecule has 8 heteroatoms. The molecular weight excluding hydrogens is 636 g/mol. The van der Waals surface area contributed by atoms with Crippen molar-refractivity contribution in [3.63, 3.8) is 0 Å². The van der Waals surface area contributed by atoms with Gasteiger partial charge in [-0.15, -0.1) is 0 Å². The molecule has 2 saturated heterocycles. The fourth-order valence-electron chi connectivity index (χ4n) is 8.82. The molecule has 2 aromatic carbocycles. The zero-order valence-electron chi connectivity index (χ0n) is 34.6. The molecule has 2 atom stereocenters. The molecule has 0 amide bonds. The first-order valence-electron chi connectivity index (χ1n) is 19.2. The molecule has 8 nitrogen and oxygen atoms in total. The molecule has 0 saturated carbocycles. The average molecular weight is 709 g/mol. The van der Waals surface area contributed by atoms with Crippen molar-refractivity contribution in [2.45, 2.75) is 147 Å². The quantitative estimate of drug-likeness (QED) is 0.226. The number of likely N-dealkylation sites (N-methyl/N-ethyl adjacent to an activating group) is 2. The normalized spacial score (nSPS) is 22.6. The third kappa shape index (κ3) is 10.1. The van der Waals surface area contributed by atoms with Gasteiger partial charge in [0, 0.05) is 52.7 Å². The van der Waals surface area contributed by atoms with Crippen LogP contribution >= 0.6 is 0 Å². The van der Waals surface area contributed by atoms with Crippen LogP contribution in [0.3, 0.4) is 0 Å². The van der Waals surface area contributed by atoms with E-state index >= 15 is 0 Å². The minimum atomic E-state index is -0.571. The Balaban J connectivity index is 1.24. The van der Waals surface area contributed by atoms with Crippen molar-refractivity contribution in [2.24, 2.45) is 0 Å². The van der Waals surface area contributed by atoms with Gasteiger partial charge in [0.25, 0.3) is 0 Å². The van der Waals surface area contributed by atoms with Crippen LogP contribution in [-0.2, 0) is 5.41 Å². The predicted molar refractivity (Wildman–Crippen MR) is 211 cm³/mol. The van der Waals surface area contributed by atoms with E-state index in [9.17, 15) is 10.2 Å². The van der Waals surface area contributed by atoms with Crippen LogP contribution in [0, 0.1) is 0 Å². The summed E-state index contributed by atoms with van der Waals surface area (Å²) in [4.78, 5) is 9.60. The number of aliphatic hydroxyl groups excluding tert-OH is 2. The zero-order chi connectivity index (χ0) is 38.2. The van der Waals surface area contributed by atoms with Gasteiger partial charge in [-0.3, -0.25) is 9.80 Å². The topological polar surface area (TPSA) is 71.9 Å². The Morgan fingerprint density at radius 3 is 1.16 bits per heavy atom. The Bertz CT molecular complexity index is 1260. The van der Waals surface area contributed by atoms with Gasteiger partial charge in [-0.25, -0.2) is 0 Å². The van der Waals surface area contributed by atoms with Crippen LogP contribution in [0.2, 0.25) is 0 Å². The molecule has 288 valence electrons. The molecule has 2 unspecified atom stereocenters. The summed E-state index contributed by atoms with van der Waals surface area (Å²) >= 11 is 0. The zero-order valence-corrected chi connectivity index (χ0v) is 34.6. The second-order valence-electron chi connectivity index (χ2n) is 19.0. The number of hydrogen-bond acceptors (Lipinski definition) is 8. The van der Waals surface area contributed by atoms with Crippen molar-refractivity contribution in [3.8, 4) is 11.5 Å². The molecule has 2 aliphatic rings. The van der Waals surface area contributed by atoms with Gasteiger partial charge in [0.05, 0.1) is 0 Å². The van der Waals surface area contributed by atoms with Crippen molar-refractivity contribution < 1.29 is 19.7 Å². The molecule has 51 heavy (non-hydrogen) atoms. The highest BCUT2D eigenvalue weighted by Crippen LogP contribution is 2.40. The lowest BCUT2D eigenvalue weighted by molar-refractivity contribution is -0.0508. The third-order valence-electron chi connectivity index (χ3n) is 12.9. The molecule has 0 spiro atoms. The Hall–Kier alpha value is -2.20. The minimum absolute atomic E-state index is 0.108. The van der Waals surface area contributed by atoms with Gasteiger partial charge in [0.1, 0.15) is 36.9 Å². The monoisotopic (exact) mass is 709 g/mol. The van der Waals surface area contributed by atoms with Gasteiger partial charge >= 0.3 is 0 Å². The van der Waals surface area contributed by atoms with Crippen LogP contribution in [0.25, 0.3) is 0 Å². The highest BCUT2D eigenvalue weighted by atomic mass is 16.5. The maximum atomic E-state index is 10.9. The summed E-state index contributed by atoms with van der Waals surface area (Å²) in [5.74, 6) is 1.52. The summed E-state index contributed by atoms with van der Waals surface area (Å²) in [6, 6.07) is 17.3. The number of ether oxygens (including phenoxy) is 2. The Morgan fingerprint density at radius 1 is 0.608 bits per heavy atom. The number of aliphatic hydroxyl groups is 2. The molecular formula is C43H72N4O4. The molecule has 0 aromatic heterocycles. The van der Waals surface area contributed by atoms with E-state index < -0.39 is 12.2 Å². The maximum Gasteiger partial charge on any atom is 0.119 e. The number of piperidine rings is 2. The molecule has 2 heterocycles. The van der Waals surface area contributed by atoms with E-state index in [1.807, 2.05) is 24.3 Å². The van der Waals surface area contributed by atoms with Crippen LogP contribution < -0.4 is 9.47 Å². The summed E-state index contributed by atoms with van der Waals surface area (Å²) in [5.41, 5.74) is 2.55. The van der Waals surface area contributed by atoms with Crippen molar-refractivity contribution in [2.75, 3.05) is 54.5 Å². The molecule has 2 aliphatic heterocycles. The highest BCUT2D eigenvalue weighted by Gasteiger charge is 2.45. The smallest absolute Gasteiger partial charge is 0.119 e. The number of rotatable bonds is 14. The first kappa shape index (κ1) is 41.6. The lowest BCUT2D eigenvalue weighted by Gasteiger charge is -2.55. The first-order chi connectivity index (χ1) is 23.4. The van der Waals surface area contributed by atoms with Crippen LogP contribution in [0.5, 0.6) is 11.5 Å². The molecule has 4 rings (SSSR count). The standard InChI is InChI=1S/C43H72N4O4/c1-39(2)23-33(24-40(3,4)46(39)13)44(11)27-35(48)29-50-37-19-15-31(16-20-37)43(9,10)32-17-21-38(22-18-32)51-30-36(49)28-45(12)34-25-41(5,6)47(14)42(7,8)26-34/h15-22,33-36,48-49H,23-30H2,1-14H3. The van der Waals surface area contributed by atoms with Crippen LogP contribution in [-0.4, -0.2) is 131 Å². The van der Waals surface area contributed by atoms with Gasteiger partial charge in [-0.1, -0.05) is 38.1 Å². The first-order valence-corrected chi connectivity index (χ1v) is 19.2. The number of benzene rings is 2. The van der Waals surface area contributed by atoms with Gasteiger partial charge < -0.3 is 29.5 Å². The second-order valence-corrected chi connectivity index (χ2v) is 19.0. The third-order valence-corrected chi connectivity index (χ3v) is 12.9. The van der Waals surface area contributed by atoms with Gasteiger partial charge in [0.2, 0.25) is 0 Å². The second kappa shape index (κ2) is 15.6. The SMILES string of the molecule is CN(CC(O)COc1ccc(C(C)(C)c2ccc(OCC(O)CN(C)C3CC(C)(C)N(C)C(C)(C)C3)cc2)cc1)C1CC(C)(C)N(C)C(C)(C)C1. The van der Waals surface area contributed by atoms with E-state index in [0.717, 1.165) is 37.2 Å². The van der Waals surface area contributed by atoms with Crippen LogP contribution in [0.1, 0.15) is 106 Å². The van der Waals surface area contributed by atoms with Crippen molar-refractivity contribution in [1.82, 2.24) is 19.6 Å². The lowest BCUT2D eigenvalue weighted by atomic mass is 9.77. The number of hydrogen-bond donors (Lipinski definition) is 2. The Kier molecular flexibility index (Phi) is 12.7. The molecule has 0 aliphatic carbocycles. The van der Waals surface area contributed by atoms with Gasteiger partial charge in [-0.05, 0) is 145 Å². The molecule has 0 radical (unpaired) electrons. The fourth-order valence-corrected chi connectivity index (χ4v) is 8.82. The number of nitrogens with zero attached hydrogens (tertiary/aromatic N) is 4. The maximum absolute atomic E-state index is 10.9. The van der Waals surface area contributed by atoms with Gasteiger partial charge in [-0.2, -0.15) is 0 Å². The van der Waals surface area contributed by atoms with E-state index in [-0.39, 0.29) is 40.8 Å². The van der Waals surface area contributed by atoms with E-state index in [4.69, 9.17) is 9.47 Å². The summed E-state index contributed by atoms with van der Waals surface area (Å²) in [5, 5.41) is 21.8. The average Bonchev–Trinajstić information content (AvgIpc) is 3.04. The van der Waals surface area contributed by atoms with Crippen molar-refractivity contribution in [3.05, 3.63) is 59.7 Å². The number of likely N-dealkylation sites (tertiary alicyclic amines) is 2. The fraction of sp³-hybridized carbons (Fsp3) is 0.721. The van der Waals surface area contributed by atoms with Crippen LogP contribution in [0.4, 0.5) is 0 Å². The lowest BCUT2D eigenvalue weighted by Crippen LogP contribution is -2.62. The summed E-state index contributed by atoms with van der Waals surface area (Å²) < 4.78 is 12.1. The van der Waals surface area contributed by atoms with Crippen molar-refractivity contribution >= 4 is 0 Å². The molecule has 2 fully saturated rings. The van der Waals surface area contributed by atoms with E-state index in [1.54, 1.807) is 0 Å². The van der Waals surface area contributed by atoms with E-state index in [0.29, 0.717) is 25.2 Å². The highest BCUT2D eigenvalue weighted by molar-refractivity contribution is 5.41. The van der Waals surface area contributed by atoms with Gasteiger partial charge in [0.15, 0.2) is 0 Å². The largest absolute Gasteiger partial charge is 0.491 e. The summed E-state index contributed by atoms with van der Waals surface area (Å²) in [6.07, 6.45) is 3.14.